The molecular formula is C94H82N6O6S9. The number of unbranched alkanes of at least 4 members (excludes halogenated alkanes) is 1. The molecule has 0 radical (unpaired) electrons. The highest BCUT2D eigenvalue weighted by Crippen LogP contribution is 2.47. The first kappa shape index (κ1) is 82.6. The van der Waals surface area contributed by atoms with Gasteiger partial charge in [-0.2, -0.15) is 10.5 Å². The van der Waals surface area contributed by atoms with Crippen LogP contribution in [0, 0.1) is 28.6 Å². The molecule has 2 aliphatic rings. The van der Waals surface area contributed by atoms with Crippen LogP contribution in [0.4, 0.5) is 34.1 Å². The van der Waals surface area contributed by atoms with Gasteiger partial charge in [-0.25, -0.2) is 0 Å². The molecule has 2 unspecified atom stereocenters. The first-order valence-electron chi connectivity index (χ1n) is 38.0. The Bertz CT molecular complexity index is 5620. The van der Waals surface area contributed by atoms with Gasteiger partial charge in [0.2, 0.25) is 0 Å². The van der Waals surface area contributed by atoms with Crippen LogP contribution in [0.15, 0.2) is 276 Å². The quantitative estimate of drug-likeness (QED) is 0.0150. The van der Waals surface area contributed by atoms with Gasteiger partial charge in [-0.3, -0.25) is 33.8 Å². The molecule has 578 valence electrons. The number of benzene rings is 6. The summed E-state index contributed by atoms with van der Waals surface area (Å²) in [6.45, 7) is 11.8. The number of imide groups is 2. The maximum atomic E-state index is 13.7. The summed E-state index contributed by atoms with van der Waals surface area (Å²) in [6.07, 6.45) is 8.77. The lowest BCUT2D eigenvalue weighted by molar-refractivity contribution is -0.144. The predicted molar refractivity (Wildman–Crippen MR) is 489 cm³/mol. The molecule has 0 aliphatic carbocycles. The van der Waals surface area contributed by atoms with Crippen molar-refractivity contribution in [3.63, 3.8) is 0 Å². The third-order valence-corrected chi connectivity index (χ3v) is 29.7. The molecule has 8 heterocycles. The minimum atomic E-state index is -0.639. The van der Waals surface area contributed by atoms with Crippen molar-refractivity contribution in [3.05, 3.63) is 286 Å². The number of hydrogen-bond acceptors (Lipinski definition) is 19. The van der Waals surface area contributed by atoms with E-state index in [1.807, 2.05) is 54.6 Å². The number of nitrogens with zero attached hydrogens (tertiary/aromatic N) is 6. The van der Waals surface area contributed by atoms with Gasteiger partial charge in [0.05, 0.1) is 6.61 Å². The van der Waals surface area contributed by atoms with Crippen molar-refractivity contribution in [1.82, 2.24) is 9.80 Å². The molecule has 4 amide bonds. The summed E-state index contributed by atoms with van der Waals surface area (Å²) in [5, 5.41) is 19.3. The fourth-order valence-corrected chi connectivity index (χ4v) is 22.1. The van der Waals surface area contributed by atoms with Gasteiger partial charge < -0.3 is 14.5 Å². The van der Waals surface area contributed by atoms with Crippen LogP contribution in [0.3, 0.4) is 0 Å². The SMILES string of the molecule is CCCCC(CC)CN1C(=O)C(=Cc2ccc(-c3ccc(-c4ccc(-c5ccc(N(c6ccccc6)c6ccccc6)cc5)s4)s3)s2)C(C)=C(C#N)C1=O.CCCSC(=S)SC(C)C(=O)OCCCN1C(=O)C(=Cc2ccc(-c3ccc(-c4ccc(-c5ccc(N(c6ccccc6)c6ccccc6)cc5)s4)s3)s2)C(C)=C(C#N)C1=O. The van der Waals surface area contributed by atoms with Crippen LogP contribution in [0.5, 0.6) is 0 Å². The van der Waals surface area contributed by atoms with E-state index in [0.717, 1.165) is 117 Å². The van der Waals surface area contributed by atoms with Crippen LogP contribution in [-0.4, -0.2) is 73.6 Å². The second-order valence-corrected chi connectivity index (χ2v) is 37.5. The first-order chi connectivity index (χ1) is 56.0. The summed E-state index contributed by atoms with van der Waals surface area (Å²) in [5.41, 5.74) is 10.4. The van der Waals surface area contributed by atoms with Gasteiger partial charge in [-0.15, -0.1) is 79.8 Å². The molecule has 6 aromatic heterocycles. The minimum Gasteiger partial charge on any atom is -0.465 e. The van der Waals surface area contributed by atoms with Crippen molar-refractivity contribution >= 4 is 183 Å². The van der Waals surface area contributed by atoms with Crippen molar-refractivity contribution in [3.8, 4) is 72.0 Å². The topological polar surface area (TPSA) is 155 Å². The number of amides is 4. The molecule has 14 rings (SSSR count). The number of carbonyl (C=O) groups excluding carboxylic acids is 5. The highest BCUT2D eigenvalue weighted by Gasteiger charge is 2.38. The average molecular weight is 1680 g/mol. The van der Waals surface area contributed by atoms with E-state index in [1.165, 1.54) is 46.6 Å². The van der Waals surface area contributed by atoms with Gasteiger partial charge in [0.1, 0.15) is 32.1 Å². The normalized spacial score (nSPS) is 14.2. The smallest absolute Gasteiger partial charge is 0.319 e. The standard InChI is InChI=1S/C48H41N3O4S6.C46H41N3O2S3/c1-4-28-57-48(56)58-32(3)47(54)55-27-11-26-50-45(52)38(31(2)39(30-49)46(50)53)29-37-20-21-41(59-37)42-24-25-44(61-42)43-23-22-40(60-43)33-16-18-36(19-17-33)51(34-12-7-5-8-13-34)35-14-9-6-10-15-35;1-4-6-13-32(5-2)30-48-45(50)38(31(3)39(29-47)46(48)51)28-37-22-23-41(52-37)42-26-27-44(54-42)43-25-24-40(53-43)33-18-20-36(21-19-33)49(34-14-9-7-10-15-34)35-16-11-8-12-17-35/h5-10,12-25,29,32H,4,11,26-28H2,1-3H3;7-12,14-28,32H,4-6,13,30H2,1-3H3. The molecule has 0 fully saturated rings. The summed E-state index contributed by atoms with van der Waals surface area (Å²) in [6, 6.07) is 88.6. The van der Waals surface area contributed by atoms with E-state index in [0.29, 0.717) is 32.4 Å². The number of para-hydroxylation sites is 4. The first-order valence-corrected chi connectivity index (χ1v) is 45.2. The summed E-state index contributed by atoms with van der Waals surface area (Å²) in [5.74, 6) is -1.20. The van der Waals surface area contributed by atoms with Crippen LogP contribution in [-0.2, 0) is 28.7 Å². The maximum Gasteiger partial charge on any atom is 0.319 e. The predicted octanol–water partition coefficient (Wildman–Crippen LogP) is 26.6. The van der Waals surface area contributed by atoms with Gasteiger partial charge in [0.15, 0.2) is 0 Å². The van der Waals surface area contributed by atoms with Crippen LogP contribution in [0.1, 0.15) is 89.8 Å². The van der Waals surface area contributed by atoms with E-state index in [2.05, 4.69) is 237 Å². The monoisotopic (exact) mass is 1680 g/mol. The number of hydrogen-bond donors (Lipinski definition) is 0. The summed E-state index contributed by atoms with van der Waals surface area (Å²) >= 11 is 18.3. The zero-order valence-corrected chi connectivity index (χ0v) is 71.6. The molecule has 2 atom stereocenters. The van der Waals surface area contributed by atoms with E-state index in [9.17, 15) is 34.5 Å². The van der Waals surface area contributed by atoms with Crippen molar-refractivity contribution in [2.45, 2.75) is 85.3 Å². The zero-order valence-electron chi connectivity index (χ0n) is 64.3. The van der Waals surface area contributed by atoms with Crippen molar-refractivity contribution < 1.29 is 28.7 Å². The largest absolute Gasteiger partial charge is 0.465 e. The molecule has 0 bridgehead atoms. The van der Waals surface area contributed by atoms with Crippen LogP contribution in [0.25, 0.3) is 72.1 Å². The van der Waals surface area contributed by atoms with Crippen molar-refractivity contribution in [2.75, 3.05) is 35.2 Å². The average Bonchev–Trinajstić information content (AvgIpc) is 1.06. The number of carbonyl (C=O) groups is 5. The second-order valence-electron chi connectivity index (χ2n) is 27.3. The van der Waals surface area contributed by atoms with Gasteiger partial charge in [0, 0.05) is 117 Å². The number of thioether (sulfide) groups is 2. The number of thiophene rings is 6. The third-order valence-electron chi connectivity index (χ3n) is 19.5. The molecule has 0 saturated carbocycles. The Morgan fingerprint density at radius 2 is 0.817 bits per heavy atom. The number of rotatable bonds is 28. The van der Waals surface area contributed by atoms with Gasteiger partial charge in [0.25, 0.3) is 23.6 Å². The molecule has 21 heteroatoms. The molecule has 0 N–H and O–H groups in total. The van der Waals surface area contributed by atoms with Crippen molar-refractivity contribution in [2.24, 2.45) is 5.92 Å². The molecule has 6 aromatic carbocycles. The van der Waals surface area contributed by atoms with E-state index in [-0.39, 0.29) is 42.5 Å². The second kappa shape index (κ2) is 39.3. The van der Waals surface area contributed by atoms with Gasteiger partial charge >= 0.3 is 5.97 Å². The molecule has 0 spiro atoms. The lowest BCUT2D eigenvalue weighted by Crippen LogP contribution is -2.45. The Kier molecular flexibility index (Phi) is 28.2. The highest BCUT2D eigenvalue weighted by atomic mass is 32.2. The van der Waals surface area contributed by atoms with Gasteiger partial charge in [-0.1, -0.05) is 161 Å². The maximum absolute atomic E-state index is 13.7. The lowest BCUT2D eigenvalue weighted by Gasteiger charge is -2.30. The van der Waals surface area contributed by atoms with E-state index in [4.69, 9.17) is 17.0 Å². The Labute approximate surface area is 710 Å². The molecule has 115 heavy (non-hydrogen) atoms. The fraction of sp³-hybridized carbons (Fsp3) is 0.191. The Morgan fingerprint density at radius 3 is 1.20 bits per heavy atom. The molecule has 12 aromatic rings. The zero-order chi connectivity index (χ0) is 80.5. The number of nitriles is 2. The number of ether oxygens (including phenoxy) is 1. The third kappa shape index (κ3) is 19.8. The summed E-state index contributed by atoms with van der Waals surface area (Å²) in [4.78, 5) is 86.7. The molecular weight excluding hydrogens is 1600 g/mol. The van der Waals surface area contributed by atoms with E-state index < -0.39 is 28.9 Å². The number of thiocarbonyl (C=S) groups is 1. The highest BCUT2D eigenvalue weighted by molar-refractivity contribution is 8.47. The summed E-state index contributed by atoms with van der Waals surface area (Å²) < 4.78 is 6.13. The van der Waals surface area contributed by atoms with Crippen LogP contribution < -0.4 is 9.80 Å². The van der Waals surface area contributed by atoms with Gasteiger partial charge in [-0.05, 0) is 232 Å². The van der Waals surface area contributed by atoms with E-state index in [1.54, 1.807) is 107 Å². The lowest BCUT2D eigenvalue weighted by atomic mass is 9.92. The van der Waals surface area contributed by atoms with Crippen LogP contribution in [0.2, 0.25) is 0 Å². The Balaban J connectivity index is 0.000000202. The minimum absolute atomic E-state index is 0.0115. The number of anilines is 6. The van der Waals surface area contributed by atoms with E-state index >= 15 is 0 Å². The molecule has 0 saturated heterocycles. The number of esters is 1. The van der Waals surface area contributed by atoms with Crippen LogP contribution >= 0.6 is 104 Å². The Hall–Kier alpha value is -10.4. The van der Waals surface area contributed by atoms with Crippen molar-refractivity contribution in [1.29, 1.82) is 10.5 Å². The fourth-order valence-electron chi connectivity index (χ4n) is 13.3. The summed E-state index contributed by atoms with van der Waals surface area (Å²) in [7, 11) is 0. The molecule has 2 aliphatic heterocycles. The Morgan fingerprint density at radius 1 is 0.461 bits per heavy atom. The molecule has 12 nitrogen and oxygen atoms in total.